The van der Waals surface area contributed by atoms with Gasteiger partial charge in [0.05, 0.1) is 0 Å². The van der Waals surface area contributed by atoms with Gasteiger partial charge in [0.1, 0.15) is 5.69 Å². The maximum Gasteiger partial charge on any atom is 0.272 e. The third-order valence-electron chi connectivity index (χ3n) is 5.47. The summed E-state index contributed by atoms with van der Waals surface area (Å²) >= 11 is 0. The van der Waals surface area contributed by atoms with Gasteiger partial charge in [-0.25, -0.2) is 9.97 Å². The van der Waals surface area contributed by atoms with E-state index < -0.39 is 0 Å². The normalized spacial score (nSPS) is 15.2. The largest absolute Gasteiger partial charge is 0.335 e. The van der Waals surface area contributed by atoms with Crippen LogP contribution in [-0.2, 0) is 0 Å². The molecule has 0 atom stereocenters. The van der Waals surface area contributed by atoms with Crippen LogP contribution in [-0.4, -0.2) is 58.9 Å². The third-order valence-corrected chi connectivity index (χ3v) is 5.47. The van der Waals surface area contributed by atoms with Gasteiger partial charge in [-0.1, -0.05) is 45.9 Å². The maximum atomic E-state index is 13.0. The highest BCUT2D eigenvalue weighted by Crippen LogP contribution is 2.33. The van der Waals surface area contributed by atoms with E-state index in [2.05, 4.69) is 73.1 Å². The molecule has 29 heavy (non-hydrogen) atoms. The minimum atomic E-state index is -0.0205. The fourth-order valence-electron chi connectivity index (χ4n) is 3.71. The fourth-order valence-corrected chi connectivity index (χ4v) is 3.71. The molecule has 0 bridgehead atoms. The Labute approximate surface area is 174 Å². The topological polar surface area (TPSA) is 61.4 Å². The Kier molecular flexibility index (Phi) is 6.52. The molecular weight excluding hydrogens is 362 g/mol. The van der Waals surface area contributed by atoms with Gasteiger partial charge in [-0.05, 0) is 43.0 Å². The number of carbonyl (C=O) groups excluding carboxylic acids is 1. The molecule has 0 aliphatic carbocycles. The lowest BCUT2D eigenvalue weighted by atomic mass is 9.93. The van der Waals surface area contributed by atoms with Crippen LogP contribution in [0.3, 0.4) is 0 Å². The van der Waals surface area contributed by atoms with E-state index in [4.69, 9.17) is 0 Å². The number of benzene rings is 1. The van der Waals surface area contributed by atoms with Crippen molar-refractivity contribution in [3.8, 4) is 0 Å². The maximum absolute atomic E-state index is 13.0. The molecule has 6 heteroatoms. The zero-order chi connectivity index (χ0) is 21.1. The van der Waals surface area contributed by atoms with E-state index in [-0.39, 0.29) is 5.91 Å². The molecule has 1 fully saturated rings. The minimum Gasteiger partial charge on any atom is -0.335 e. The van der Waals surface area contributed by atoms with Gasteiger partial charge in [-0.15, -0.1) is 0 Å². The molecule has 1 aromatic carbocycles. The second-order valence-corrected chi connectivity index (χ2v) is 8.56. The summed E-state index contributed by atoms with van der Waals surface area (Å²) in [6.45, 7) is 13.9. The molecule has 6 nitrogen and oxygen atoms in total. The van der Waals surface area contributed by atoms with Gasteiger partial charge in [0.15, 0.2) is 0 Å². The second kappa shape index (κ2) is 8.91. The number of aromatic nitrogens is 2. The van der Waals surface area contributed by atoms with Crippen molar-refractivity contribution in [2.45, 2.75) is 46.5 Å². The molecular formula is C23H33N5O. The number of hydrogen-bond donors (Lipinski definition) is 1. The zero-order valence-corrected chi connectivity index (χ0v) is 18.5. The number of likely N-dealkylation sites (N-methyl/N-ethyl adjacent to an activating group) is 1. The first-order valence-corrected chi connectivity index (χ1v) is 10.5. The van der Waals surface area contributed by atoms with Crippen molar-refractivity contribution in [2.24, 2.45) is 0 Å². The highest BCUT2D eigenvalue weighted by atomic mass is 16.2. The Morgan fingerprint density at radius 1 is 1.00 bits per heavy atom. The molecule has 1 aromatic heterocycles. The number of anilines is 2. The molecule has 1 saturated heterocycles. The minimum absolute atomic E-state index is 0.0205. The zero-order valence-electron chi connectivity index (χ0n) is 18.5. The molecule has 1 aliphatic heterocycles. The standard InChI is InChI=1S/C23H33N5O/c1-15(2)18-8-7-9-19(16(3)4)21(18)26-23-24-17(5)14-20(25-23)22(29)28-12-10-27(6)11-13-28/h7-9,14-16H,10-13H2,1-6H3,(H,24,25,26). The van der Waals surface area contributed by atoms with Crippen molar-refractivity contribution in [3.05, 3.63) is 46.8 Å². The number of aryl methyl sites for hydroxylation is 1. The van der Waals surface area contributed by atoms with Crippen molar-refractivity contribution >= 4 is 17.5 Å². The number of nitrogens with zero attached hydrogens (tertiary/aromatic N) is 4. The Morgan fingerprint density at radius 3 is 2.14 bits per heavy atom. The summed E-state index contributed by atoms with van der Waals surface area (Å²) in [4.78, 5) is 26.3. The Balaban J connectivity index is 1.93. The quantitative estimate of drug-likeness (QED) is 0.824. The summed E-state index contributed by atoms with van der Waals surface area (Å²) in [5.74, 6) is 1.20. The highest BCUT2D eigenvalue weighted by molar-refractivity contribution is 5.93. The lowest BCUT2D eigenvalue weighted by molar-refractivity contribution is 0.0658. The summed E-state index contributed by atoms with van der Waals surface area (Å²) in [6, 6.07) is 8.18. The van der Waals surface area contributed by atoms with Gasteiger partial charge < -0.3 is 15.1 Å². The average molecular weight is 396 g/mol. The Hall–Kier alpha value is -2.47. The Bertz CT molecular complexity index is 843. The van der Waals surface area contributed by atoms with Crippen LogP contribution in [0.2, 0.25) is 0 Å². The van der Waals surface area contributed by atoms with E-state index in [1.807, 2.05) is 11.8 Å². The van der Waals surface area contributed by atoms with Gasteiger partial charge in [-0.3, -0.25) is 4.79 Å². The summed E-state index contributed by atoms with van der Waals surface area (Å²) < 4.78 is 0. The van der Waals surface area contributed by atoms with E-state index in [0.29, 0.717) is 23.5 Å². The van der Waals surface area contributed by atoms with Crippen LogP contribution in [0.15, 0.2) is 24.3 Å². The van der Waals surface area contributed by atoms with Gasteiger partial charge in [0.2, 0.25) is 5.95 Å². The number of carbonyl (C=O) groups is 1. The fraction of sp³-hybridized carbons (Fsp3) is 0.522. The van der Waals surface area contributed by atoms with E-state index in [9.17, 15) is 4.79 Å². The van der Waals surface area contributed by atoms with E-state index in [0.717, 1.165) is 37.6 Å². The first kappa shape index (κ1) is 21.2. The third kappa shape index (κ3) is 4.93. The molecule has 1 aliphatic rings. The molecule has 1 N–H and O–H groups in total. The predicted octanol–water partition coefficient (Wildman–Crippen LogP) is 4.16. The summed E-state index contributed by atoms with van der Waals surface area (Å²) in [5, 5.41) is 3.45. The molecule has 2 aromatic rings. The van der Waals surface area contributed by atoms with Crippen LogP contribution < -0.4 is 5.32 Å². The molecule has 3 rings (SSSR count). The van der Waals surface area contributed by atoms with Crippen LogP contribution >= 0.6 is 0 Å². The van der Waals surface area contributed by atoms with Crippen molar-refractivity contribution in [1.29, 1.82) is 0 Å². The number of para-hydroxylation sites is 1. The summed E-state index contributed by atoms with van der Waals surface area (Å²) in [5.41, 5.74) is 4.76. The molecule has 2 heterocycles. The molecule has 0 saturated carbocycles. The van der Waals surface area contributed by atoms with E-state index >= 15 is 0 Å². The first-order valence-electron chi connectivity index (χ1n) is 10.5. The smallest absolute Gasteiger partial charge is 0.272 e. The van der Waals surface area contributed by atoms with Crippen LogP contribution in [0, 0.1) is 6.92 Å². The molecule has 156 valence electrons. The van der Waals surface area contributed by atoms with E-state index in [1.54, 1.807) is 6.07 Å². The number of hydrogen-bond acceptors (Lipinski definition) is 5. The highest BCUT2D eigenvalue weighted by Gasteiger charge is 2.23. The SMILES string of the molecule is Cc1cc(C(=O)N2CCN(C)CC2)nc(Nc2c(C(C)C)cccc2C(C)C)n1. The van der Waals surface area contributed by atoms with Gasteiger partial charge >= 0.3 is 0 Å². The molecule has 0 radical (unpaired) electrons. The van der Waals surface area contributed by atoms with Gasteiger partial charge in [-0.2, -0.15) is 0 Å². The van der Waals surface area contributed by atoms with Crippen molar-refractivity contribution in [1.82, 2.24) is 19.8 Å². The lowest BCUT2D eigenvalue weighted by Gasteiger charge is -2.32. The average Bonchev–Trinajstić information content (AvgIpc) is 2.67. The predicted molar refractivity (Wildman–Crippen MR) is 118 cm³/mol. The van der Waals surface area contributed by atoms with Crippen molar-refractivity contribution in [3.63, 3.8) is 0 Å². The van der Waals surface area contributed by atoms with Crippen molar-refractivity contribution in [2.75, 3.05) is 38.5 Å². The number of amides is 1. The Morgan fingerprint density at radius 2 is 1.59 bits per heavy atom. The molecule has 0 unspecified atom stereocenters. The van der Waals surface area contributed by atoms with E-state index in [1.165, 1.54) is 11.1 Å². The second-order valence-electron chi connectivity index (χ2n) is 8.56. The van der Waals surface area contributed by atoms with Crippen molar-refractivity contribution < 1.29 is 4.79 Å². The number of rotatable bonds is 5. The first-order chi connectivity index (χ1) is 13.8. The lowest BCUT2D eigenvalue weighted by Crippen LogP contribution is -2.47. The van der Waals surface area contributed by atoms with Crippen LogP contribution in [0.25, 0.3) is 0 Å². The van der Waals surface area contributed by atoms with Gasteiger partial charge in [0, 0.05) is 37.6 Å². The summed E-state index contributed by atoms with van der Waals surface area (Å²) in [7, 11) is 2.08. The number of nitrogens with one attached hydrogen (secondary N) is 1. The van der Waals surface area contributed by atoms with Crippen LogP contribution in [0.4, 0.5) is 11.6 Å². The van der Waals surface area contributed by atoms with Crippen LogP contribution in [0.5, 0.6) is 0 Å². The van der Waals surface area contributed by atoms with Crippen LogP contribution in [0.1, 0.15) is 66.8 Å². The monoisotopic (exact) mass is 395 g/mol. The molecule has 0 spiro atoms. The van der Waals surface area contributed by atoms with Gasteiger partial charge in [0.25, 0.3) is 5.91 Å². The summed E-state index contributed by atoms with van der Waals surface area (Å²) in [6.07, 6.45) is 0. The number of piperazine rings is 1. The molecule has 1 amide bonds.